The average molecular weight is 281 g/mol. The molecule has 0 bridgehead atoms. The van der Waals surface area contributed by atoms with E-state index < -0.39 is 0 Å². The Kier molecular flexibility index (Phi) is 4.44. The number of hydrogen-bond acceptors (Lipinski definition) is 3. The Morgan fingerprint density at radius 2 is 2.06 bits per heavy atom. The smallest absolute Gasteiger partial charge is 0.297 e. The summed E-state index contributed by atoms with van der Waals surface area (Å²) < 4.78 is 1.52. The number of hydrogen-bond donors (Lipinski definition) is 1. The third-order valence-corrected chi connectivity index (χ3v) is 3.37. The zero-order chi connectivity index (χ0) is 13.0. The summed E-state index contributed by atoms with van der Waals surface area (Å²) in [6, 6.07) is 9.98. The van der Waals surface area contributed by atoms with Crippen LogP contribution in [-0.2, 0) is 6.54 Å². The van der Waals surface area contributed by atoms with E-state index in [2.05, 4.69) is 17.6 Å². The molecule has 2 aromatic rings. The van der Waals surface area contributed by atoms with Crippen molar-refractivity contribution in [3.8, 4) is 0 Å². The molecule has 3 nitrogen and oxygen atoms in total. The number of halogens is 1. The van der Waals surface area contributed by atoms with Gasteiger partial charge in [0.05, 0.1) is 11.2 Å². The van der Waals surface area contributed by atoms with E-state index in [-0.39, 0.29) is 11.6 Å². The predicted molar refractivity (Wildman–Crippen MR) is 76.5 cm³/mol. The molecule has 1 heterocycles. The molecule has 0 aliphatic heterocycles. The van der Waals surface area contributed by atoms with Gasteiger partial charge in [-0.05, 0) is 11.3 Å². The van der Waals surface area contributed by atoms with Crippen LogP contribution < -0.4 is 5.69 Å². The van der Waals surface area contributed by atoms with E-state index in [0.29, 0.717) is 17.3 Å². The monoisotopic (exact) mass is 280 g/mol. The van der Waals surface area contributed by atoms with Gasteiger partial charge < -0.3 is 0 Å². The van der Waals surface area contributed by atoms with Crippen molar-refractivity contribution < 1.29 is 0 Å². The van der Waals surface area contributed by atoms with Crippen LogP contribution in [0.5, 0.6) is 0 Å². The maximum absolute atomic E-state index is 11.6. The van der Waals surface area contributed by atoms with Crippen molar-refractivity contribution >= 4 is 24.2 Å². The highest BCUT2D eigenvalue weighted by Crippen LogP contribution is 2.18. The zero-order valence-electron chi connectivity index (χ0n) is 9.66. The molecule has 5 heteroatoms. The molecule has 0 spiro atoms. The minimum Gasteiger partial charge on any atom is -0.297 e. The molecule has 1 aromatic heterocycles. The van der Waals surface area contributed by atoms with Crippen molar-refractivity contribution in [1.29, 1.82) is 0 Å². The Balaban J connectivity index is 2.26. The topological polar surface area (TPSA) is 34.9 Å². The van der Waals surface area contributed by atoms with Gasteiger partial charge in [-0.15, -0.1) is 0 Å². The lowest BCUT2D eigenvalue weighted by atomic mass is 10.0. The van der Waals surface area contributed by atoms with Gasteiger partial charge in [0.15, 0.2) is 0 Å². The molecule has 0 saturated heterocycles. The Hall–Kier alpha value is -1.26. The van der Waals surface area contributed by atoms with Gasteiger partial charge in [-0.3, -0.25) is 4.57 Å². The van der Waals surface area contributed by atoms with Gasteiger partial charge in [0, 0.05) is 18.7 Å². The molecule has 0 N–H and O–H groups in total. The van der Waals surface area contributed by atoms with Crippen molar-refractivity contribution in [2.24, 2.45) is 0 Å². The van der Waals surface area contributed by atoms with Gasteiger partial charge in [-0.2, -0.15) is 12.6 Å². The van der Waals surface area contributed by atoms with Crippen molar-refractivity contribution in [2.45, 2.75) is 12.5 Å². The molecule has 1 atom stereocenters. The van der Waals surface area contributed by atoms with Crippen molar-refractivity contribution in [1.82, 2.24) is 9.55 Å². The molecular weight excluding hydrogens is 268 g/mol. The molecule has 0 fully saturated rings. The summed E-state index contributed by atoms with van der Waals surface area (Å²) in [4.78, 5) is 15.3. The van der Waals surface area contributed by atoms with Crippen LogP contribution in [0.1, 0.15) is 11.5 Å². The van der Waals surface area contributed by atoms with E-state index in [0.717, 1.165) is 5.56 Å². The second-order valence-corrected chi connectivity index (χ2v) is 4.80. The summed E-state index contributed by atoms with van der Waals surface area (Å²) in [5.74, 6) is 0.815. The average Bonchev–Trinajstić information content (AvgIpc) is 2.41. The molecule has 94 valence electrons. The van der Waals surface area contributed by atoms with Crippen molar-refractivity contribution in [3.63, 3.8) is 0 Å². The van der Waals surface area contributed by atoms with Crippen LogP contribution in [0.25, 0.3) is 0 Å². The van der Waals surface area contributed by atoms with Crippen LogP contribution in [0.15, 0.2) is 47.5 Å². The van der Waals surface area contributed by atoms with E-state index in [4.69, 9.17) is 11.6 Å². The SMILES string of the molecule is O=c1ncc(Cl)cn1CC(CS)c1ccccc1. The first-order valence-electron chi connectivity index (χ1n) is 5.58. The number of benzene rings is 1. The molecule has 0 saturated carbocycles. The number of aromatic nitrogens is 2. The normalized spacial score (nSPS) is 12.3. The quantitative estimate of drug-likeness (QED) is 0.874. The molecular formula is C13H13ClN2OS. The maximum Gasteiger partial charge on any atom is 0.347 e. The molecule has 1 unspecified atom stereocenters. The predicted octanol–water partition coefficient (Wildman–Crippen LogP) is 2.61. The molecule has 0 amide bonds. The summed E-state index contributed by atoms with van der Waals surface area (Å²) in [5.41, 5.74) is 0.862. The van der Waals surface area contributed by atoms with Crippen molar-refractivity contribution in [2.75, 3.05) is 5.75 Å². The van der Waals surface area contributed by atoms with Crippen LogP contribution in [0.4, 0.5) is 0 Å². The Morgan fingerprint density at radius 1 is 1.33 bits per heavy atom. The van der Waals surface area contributed by atoms with E-state index in [1.165, 1.54) is 10.8 Å². The van der Waals surface area contributed by atoms with Gasteiger partial charge in [-0.25, -0.2) is 9.78 Å². The van der Waals surface area contributed by atoms with E-state index >= 15 is 0 Å². The lowest BCUT2D eigenvalue weighted by Gasteiger charge is -2.16. The molecule has 1 aromatic carbocycles. The highest BCUT2D eigenvalue weighted by molar-refractivity contribution is 7.80. The Labute approximate surface area is 116 Å². The summed E-state index contributed by atoms with van der Waals surface area (Å²) >= 11 is 10.2. The minimum atomic E-state index is -0.290. The standard InChI is InChI=1S/C13H13ClN2OS/c14-12-6-15-13(17)16(8-12)7-11(9-18)10-4-2-1-3-5-10/h1-6,8,11,18H,7,9H2. The van der Waals surface area contributed by atoms with Gasteiger partial charge in [0.2, 0.25) is 0 Å². The van der Waals surface area contributed by atoms with Crippen LogP contribution in [-0.4, -0.2) is 15.3 Å². The maximum atomic E-state index is 11.6. The molecule has 2 rings (SSSR count). The minimum absolute atomic E-state index is 0.160. The fraction of sp³-hybridized carbons (Fsp3) is 0.231. The van der Waals surface area contributed by atoms with E-state index in [1.54, 1.807) is 6.20 Å². The first-order valence-corrected chi connectivity index (χ1v) is 6.59. The summed E-state index contributed by atoms with van der Waals surface area (Å²) in [7, 11) is 0. The van der Waals surface area contributed by atoms with Gasteiger partial charge in [0.1, 0.15) is 0 Å². The summed E-state index contributed by atoms with van der Waals surface area (Å²) in [6.45, 7) is 0.528. The highest BCUT2D eigenvalue weighted by atomic mass is 35.5. The molecule has 0 aliphatic carbocycles. The first-order chi connectivity index (χ1) is 8.70. The van der Waals surface area contributed by atoms with E-state index in [9.17, 15) is 4.79 Å². The van der Waals surface area contributed by atoms with Gasteiger partial charge >= 0.3 is 5.69 Å². The van der Waals surface area contributed by atoms with Gasteiger partial charge in [0.25, 0.3) is 0 Å². The first kappa shape index (κ1) is 13.2. The highest BCUT2D eigenvalue weighted by Gasteiger charge is 2.11. The fourth-order valence-electron chi connectivity index (χ4n) is 1.79. The van der Waals surface area contributed by atoms with Gasteiger partial charge in [-0.1, -0.05) is 41.9 Å². The molecule has 18 heavy (non-hydrogen) atoms. The number of rotatable bonds is 4. The molecule has 0 aliphatic rings. The van der Waals surface area contributed by atoms with E-state index in [1.807, 2.05) is 30.3 Å². The Bertz CT molecular complexity index is 571. The lowest BCUT2D eigenvalue weighted by molar-refractivity contribution is 0.575. The summed E-state index contributed by atoms with van der Waals surface area (Å²) in [6.07, 6.45) is 2.97. The van der Waals surface area contributed by atoms with Crippen LogP contribution in [0.3, 0.4) is 0 Å². The van der Waals surface area contributed by atoms with Crippen molar-refractivity contribution in [3.05, 3.63) is 63.8 Å². The third-order valence-electron chi connectivity index (χ3n) is 2.73. The lowest BCUT2D eigenvalue weighted by Crippen LogP contribution is -2.25. The third kappa shape index (κ3) is 3.15. The Morgan fingerprint density at radius 3 is 2.72 bits per heavy atom. The second-order valence-electron chi connectivity index (χ2n) is 4.00. The zero-order valence-corrected chi connectivity index (χ0v) is 11.3. The largest absolute Gasteiger partial charge is 0.347 e. The van der Waals surface area contributed by atoms with Crippen LogP contribution >= 0.6 is 24.2 Å². The second kappa shape index (κ2) is 6.07. The van der Waals surface area contributed by atoms with Crippen LogP contribution in [0.2, 0.25) is 5.02 Å². The number of thiol groups is 1. The molecule has 0 radical (unpaired) electrons. The number of nitrogens with zero attached hydrogens (tertiary/aromatic N) is 2. The van der Waals surface area contributed by atoms with Crippen LogP contribution in [0, 0.1) is 0 Å². The summed E-state index contributed by atoms with van der Waals surface area (Å²) in [5, 5.41) is 0.459. The fourth-order valence-corrected chi connectivity index (χ4v) is 2.28.